The van der Waals surface area contributed by atoms with Crippen LogP contribution in [0.2, 0.25) is 10.0 Å². The number of thioether (sulfide) groups is 1. The summed E-state index contributed by atoms with van der Waals surface area (Å²) in [5.74, 6) is -0.109. The number of aliphatic carboxylic acids is 1. The highest BCUT2D eigenvalue weighted by atomic mass is 35.5. The van der Waals surface area contributed by atoms with E-state index in [0.29, 0.717) is 24.3 Å². The molecule has 1 saturated heterocycles. The molecule has 2 rings (SSSR count). The van der Waals surface area contributed by atoms with Crippen LogP contribution in [0.1, 0.15) is 23.2 Å². The van der Waals surface area contributed by atoms with E-state index in [1.165, 1.54) is 6.07 Å². The van der Waals surface area contributed by atoms with E-state index in [9.17, 15) is 14.7 Å². The van der Waals surface area contributed by atoms with Gasteiger partial charge >= 0.3 is 5.97 Å². The van der Waals surface area contributed by atoms with Crippen LogP contribution in [0.15, 0.2) is 18.2 Å². The molecule has 0 saturated carbocycles. The molecule has 1 aromatic carbocycles. The molecular formula is C13H13Cl2NO3S. The van der Waals surface area contributed by atoms with Crippen molar-refractivity contribution in [2.75, 3.05) is 11.5 Å². The number of rotatable bonds is 3. The summed E-state index contributed by atoms with van der Waals surface area (Å²) in [6.07, 6.45) is 0.799. The second kappa shape index (κ2) is 6.24. The zero-order valence-corrected chi connectivity index (χ0v) is 12.8. The fraction of sp³-hybridized carbons (Fsp3) is 0.385. The minimum absolute atomic E-state index is 0.136. The van der Waals surface area contributed by atoms with Crippen molar-refractivity contribution >= 4 is 46.8 Å². The topological polar surface area (TPSA) is 66.4 Å². The number of halogens is 2. The lowest BCUT2D eigenvalue weighted by Crippen LogP contribution is -2.56. The lowest BCUT2D eigenvalue weighted by Gasteiger charge is -2.33. The van der Waals surface area contributed by atoms with Crippen LogP contribution in [0.4, 0.5) is 0 Å². The number of nitrogens with one attached hydrogen (secondary N) is 1. The van der Waals surface area contributed by atoms with E-state index in [1.54, 1.807) is 23.9 Å². The monoisotopic (exact) mass is 333 g/mol. The van der Waals surface area contributed by atoms with Gasteiger partial charge < -0.3 is 10.4 Å². The van der Waals surface area contributed by atoms with Gasteiger partial charge in [0.1, 0.15) is 5.54 Å². The van der Waals surface area contributed by atoms with Gasteiger partial charge in [0.15, 0.2) is 0 Å². The molecule has 1 aromatic rings. The van der Waals surface area contributed by atoms with Gasteiger partial charge in [0, 0.05) is 0 Å². The van der Waals surface area contributed by atoms with E-state index >= 15 is 0 Å². The molecule has 1 aliphatic rings. The number of hydrogen-bond acceptors (Lipinski definition) is 3. The molecule has 20 heavy (non-hydrogen) atoms. The van der Waals surface area contributed by atoms with Gasteiger partial charge in [-0.2, -0.15) is 11.8 Å². The summed E-state index contributed by atoms with van der Waals surface area (Å²) < 4.78 is 0. The minimum Gasteiger partial charge on any atom is -0.480 e. The minimum atomic E-state index is -1.21. The Bertz CT molecular complexity index is 544. The Labute approximate surface area is 130 Å². The number of carboxylic acid groups (broad SMARTS) is 1. The molecule has 0 unspecified atom stereocenters. The molecule has 7 heteroatoms. The van der Waals surface area contributed by atoms with E-state index in [-0.39, 0.29) is 15.6 Å². The van der Waals surface area contributed by atoms with Crippen molar-refractivity contribution in [2.45, 2.75) is 18.4 Å². The molecule has 1 aliphatic heterocycles. The first kappa shape index (κ1) is 15.5. The van der Waals surface area contributed by atoms with Crippen molar-refractivity contribution in [1.29, 1.82) is 0 Å². The van der Waals surface area contributed by atoms with Gasteiger partial charge in [-0.25, -0.2) is 4.79 Å². The molecule has 1 amide bonds. The molecule has 2 N–H and O–H groups in total. The SMILES string of the molecule is O=C(NC1(C(=O)O)CCSCC1)c1cccc(Cl)c1Cl. The van der Waals surface area contributed by atoms with Gasteiger partial charge in [-0.05, 0) is 36.5 Å². The van der Waals surface area contributed by atoms with Crippen LogP contribution in [-0.4, -0.2) is 34.0 Å². The van der Waals surface area contributed by atoms with Crippen molar-refractivity contribution in [3.8, 4) is 0 Å². The van der Waals surface area contributed by atoms with Crippen LogP contribution in [0, 0.1) is 0 Å². The number of carbonyl (C=O) groups is 2. The fourth-order valence-corrected chi connectivity index (χ4v) is 3.65. The van der Waals surface area contributed by atoms with E-state index in [0.717, 1.165) is 0 Å². The summed E-state index contributed by atoms with van der Waals surface area (Å²) in [4.78, 5) is 23.8. The predicted octanol–water partition coefficient (Wildman–Crippen LogP) is 3.07. The van der Waals surface area contributed by atoms with Crippen LogP contribution in [-0.2, 0) is 4.79 Å². The molecule has 0 aromatic heterocycles. The number of benzene rings is 1. The first-order valence-electron chi connectivity index (χ1n) is 6.04. The van der Waals surface area contributed by atoms with Crippen molar-refractivity contribution < 1.29 is 14.7 Å². The Balaban J connectivity index is 2.25. The van der Waals surface area contributed by atoms with E-state index in [2.05, 4.69) is 5.32 Å². The van der Waals surface area contributed by atoms with E-state index < -0.39 is 17.4 Å². The van der Waals surface area contributed by atoms with E-state index in [1.807, 2.05) is 0 Å². The molecule has 4 nitrogen and oxygen atoms in total. The molecular weight excluding hydrogens is 321 g/mol. The molecule has 1 heterocycles. The third-order valence-corrected chi connectivity index (χ3v) is 5.11. The normalized spacial score (nSPS) is 17.5. The summed E-state index contributed by atoms with van der Waals surface area (Å²) in [7, 11) is 0. The van der Waals surface area contributed by atoms with Gasteiger partial charge in [-0.1, -0.05) is 29.3 Å². The van der Waals surface area contributed by atoms with Crippen LogP contribution in [0.25, 0.3) is 0 Å². The third-order valence-electron chi connectivity index (χ3n) is 3.30. The largest absolute Gasteiger partial charge is 0.480 e. The van der Waals surface area contributed by atoms with Crippen molar-refractivity contribution in [3.63, 3.8) is 0 Å². The Hall–Kier alpha value is -0.910. The van der Waals surface area contributed by atoms with E-state index in [4.69, 9.17) is 23.2 Å². The molecule has 1 fully saturated rings. The fourth-order valence-electron chi connectivity index (χ4n) is 2.08. The molecule has 108 valence electrons. The second-order valence-electron chi connectivity index (χ2n) is 4.56. The Morgan fingerprint density at radius 2 is 1.90 bits per heavy atom. The predicted molar refractivity (Wildman–Crippen MR) is 80.9 cm³/mol. The van der Waals surface area contributed by atoms with Gasteiger partial charge in [-0.3, -0.25) is 4.79 Å². The molecule has 0 bridgehead atoms. The lowest BCUT2D eigenvalue weighted by atomic mass is 9.92. The maximum absolute atomic E-state index is 12.3. The molecule has 0 atom stereocenters. The number of carbonyl (C=O) groups excluding carboxylic acids is 1. The second-order valence-corrected chi connectivity index (χ2v) is 6.57. The van der Waals surface area contributed by atoms with Crippen LogP contribution >= 0.6 is 35.0 Å². The first-order valence-corrected chi connectivity index (χ1v) is 7.95. The van der Waals surface area contributed by atoms with Gasteiger partial charge in [0.2, 0.25) is 0 Å². The highest BCUT2D eigenvalue weighted by Crippen LogP contribution is 2.30. The average molecular weight is 334 g/mol. The third kappa shape index (κ3) is 3.05. The quantitative estimate of drug-likeness (QED) is 0.892. The van der Waals surface area contributed by atoms with Crippen LogP contribution in [0.5, 0.6) is 0 Å². The molecule has 0 aliphatic carbocycles. The highest BCUT2D eigenvalue weighted by molar-refractivity contribution is 7.99. The highest BCUT2D eigenvalue weighted by Gasteiger charge is 2.41. The van der Waals surface area contributed by atoms with Crippen molar-refractivity contribution in [2.24, 2.45) is 0 Å². The number of carboxylic acids is 1. The lowest BCUT2D eigenvalue weighted by molar-refractivity contribution is -0.144. The Morgan fingerprint density at radius 3 is 2.50 bits per heavy atom. The molecule has 0 radical (unpaired) electrons. The van der Waals surface area contributed by atoms with Gasteiger partial charge in [0.25, 0.3) is 5.91 Å². The molecule has 0 spiro atoms. The summed E-state index contributed by atoms with van der Waals surface area (Å²) >= 11 is 13.5. The number of amides is 1. The van der Waals surface area contributed by atoms with Crippen LogP contribution < -0.4 is 5.32 Å². The Morgan fingerprint density at radius 1 is 1.25 bits per heavy atom. The van der Waals surface area contributed by atoms with Gasteiger partial charge in [-0.15, -0.1) is 0 Å². The number of hydrogen-bond donors (Lipinski definition) is 2. The van der Waals surface area contributed by atoms with Crippen molar-refractivity contribution in [1.82, 2.24) is 5.32 Å². The standard InChI is InChI=1S/C13H13Cl2NO3S/c14-9-3-1-2-8(10(9)15)11(17)16-13(12(18)19)4-6-20-7-5-13/h1-3H,4-7H2,(H,16,17)(H,18,19). The smallest absolute Gasteiger partial charge is 0.329 e. The van der Waals surface area contributed by atoms with Gasteiger partial charge in [0.05, 0.1) is 15.6 Å². The zero-order valence-electron chi connectivity index (χ0n) is 10.5. The Kier molecular flexibility index (Phi) is 4.83. The maximum Gasteiger partial charge on any atom is 0.329 e. The average Bonchev–Trinajstić information content (AvgIpc) is 2.42. The summed E-state index contributed by atoms with van der Waals surface area (Å²) in [6, 6.07) is 4.70. The van der Waals surface area contributed by atoms with Crippen molar-refractivity contribution in [3.05, 3.63) is 33.8 Å². The summed E-state index contributed by atoms with van der Waals surface area (Å²) in [5.41, 5.74) is -1.02. The first-order chi connectivity index (χ1) is 9.46. The zero-order chi connectivity index (χ0) is 14.8. The van der Waals surface area contributed by atoms with Crippen LogP contribution in [0.3, 0.4) is 0 Å². The summed E-state index contributed by atoms with van der Waals surface area (Å²) in [5, 5.41) is 12.4. The summed E-state index contributed by atoms with van der Waals surface area (Å²) in [6.45, 7) is 0. The maximum atomic E-state index is 12.3.